The molecule has 0 aliphatic carbocycles. The number of carbonyl (C=O) groups excluding carboxylic acids is 1. The number of allylic oxidation sites excluding steroid dienone is 1. The van der Waals surface area contributed by atoms with E-state index in [9.17, 15) is 4.79 Å². The summed E-state index contributed by atoms with van der Waals surface area (Å²) in [7, 11) is 0. The maximum Gasteiger partial charge on any atom is 0.171 e. The molecule has 0 spiro atoms. The number of hydrogen-bond donors (Lipinski definition) is 1. The van der Waals surface area contributed by atoms with E-state index in [4.69, 9.17) is 9.97 Å². The molecule has 0 amide bonds. The molecule has 0 saturated carbocycles. The van der Waals surface area contributed by atoms with E-state index >= 15 is 0 Å². The summed E-state index contributed by atoms with van der Waals surface area (Å²) < 4.78 is 0. The lowest BCUT2D eigenvalue weighted by Crippen LogP contribution is -2.07. The normalized spacial score (nSPS) is 10.5. The lowest BCUT2D eigenvalue weighted by Gasteiger charge is -2.15. The molecule has 132 valence electrons. The molecule has 1 N–H and O–H groups in total. The van der Waals surface area contributed by atoms with Gasteiger partial charge in [-0.15, -0.1) is 17.9 Å². The van der Waals surface area contributed by atoms with Crippen LogP contribution in [-0.4, -0.2) is 16.3 Å². The summed E-state index contributed by atoms with van der Waals surface area (Å²) in [5, 5.41) is 3.39. The van der Waals surface area contributed by atoms with E-state index in [0.717, 1.165) is 46.2 Å². The zero-order chi connectivity index (χ0) is 18.5. The third-order valence-electron chi connectivity index (χ3n) is 4.05. The number of benzene rings is 1. The Morgan fingerprint density at radius 2 is 1.92 bits per heavy atom. The molecule has 0 bridgehead atoms. The molecular weight excluding hydrogens is 342 g/mol. The van der Waals surface area contributed by atoms with Crippen molar-refractivity contribution in [3.05, 3.63) is 70.8 Å². The maximum atomic E-state index is 10.9. The number of nitrogens with one attached hydrogen (secondary N) is 1. The third-order valence-corrected chi connectivity index (χ3v) is 5.04. The van der Waals surface area contributed by atoms with Gasteiger partial charge in [-0.1, -0.05) is 13.0 Å². The summed E-state index contributed by atoms with van der Waals surface area (Å²) in [6.45, 7) is 8.04. The monoisotopic (exact) mass is 363 g/mol. The van der Waals surface area contributed by atoms with Crippen molar-refractivity contribution in [1.29, 1.82) is 0 Å². The minimum Gasteiger partial charge on any atom is -0.340 e. The van der Waals surface area contributed by atoms with Crippen molar-refractivity contribution in [3.63, 3.8) is 0 Å². The summed E-state index contributed by atoms with van der Waals surface area (Å²) >= 11 is 1.69. The molecule has 0 radical (unpaired) electrons. The number of aryl methyl sites for hydroxylation is 2. The molecule has 3 rings (SSSR count). The van der Waals surface area contributed by atoms with Gasteiger partial charge in [0.05, 0.1) is 4.88 Å². The van der Waals surface area contributed by atoms with Crippen LogP contribution in [0.1, 0.15) is 33.4 Å². The van der Waals surface area contributed by atoms with Crippen molar-refractivity contribution in [2.45, 2.75) is 26.7 Å². The van der Waals surface area contributed by atoms with Gasteiger partial charge in [-0.25, -0.2) is 9.97 Å². The number of hydrogen-bond acceptors (Lipinski definition) is 5. The molecule has 0 atom stereocenters. The number of nitrogens with zero attached hydrogens (tertiary/aromatic N) is 2. The second-order valence-corrected chi connectivity index (χ2v) is 7.23. The quantitative estimate of drug-likeness (QED) is 0.453. The molecule has 2 aromatic heterocycles. The average Bonchev–Trinajstić information content (AvgIpc) is 3.10. The number of thiophene rings is 1. The Bertz CT molecular complexity index is 929. The van der Waals surface area contributed by atoms with Crippen molar-refractivity contribution >= 4 is 29.1 Å². The van der Waals surface area contributed by atoms with Gasteiger partial charge in [0.25, 0.3) is 0 Å². The minimum absolute atomic E-state index is 0.647. The zero-order valence-corrected chi connectivity index (χ0v) is 15.8. The first-order valence-corrected chi connectivity index (χ1v) is 9.36. The number of anilines is 2. The van der Waals surface area contributed by atoms with Crippen molar-refractivity contribution < 1.29 is 4.79 Å². The van der Waals surface area contributed by atoms with Crippen molar-refractivity contribution in [2.24, 2.45) is 0 Å². The summed E-state index contributed by atoms with van der Waals surface area (Å²) in [5.74, 6) is 1.52. The number of rotatable bonds is 7. The Morgan fingerprint density at radius 1 is 1.15 bits per heavy atom. The van der Waals surface area contributed by atoms with Crippen LogP contribution < -0.4 is 5.32 Å². The van der Waals surface area contributed by atoms with E-state index in [1.807, 2.05) is 18.2 Å². The van der Waals surface area contributed by atoms with E-state index in [0.29, 0.717) is 12.0 Å². The molecule has 5 heteroatoms. The van der Waals surface area contributed by atoms with Crippen LogP contribution in [0, 0.1) is 6.92 Å². The first-order valence-electron chi connectivity index (χ1n) is 8.54. The van der Waals surface area contributed by atoms with E-state index in [-0.39, 0.29) is 0 Å². The molecule has 1 aromatic carbocycles. The highest BCUT2D eigenvalue weighted by atomic mass is 32.1. The van der Waals surface area contributed by atoms with Crippen LogP contribution in [0.4, 0.5) is 11.5 Å². The van der Waals surface area contributed by atoms with Crippen molar-refractivity contribution in [3.8, 4) is 10.7 Å². The largest absolute Gasteiger partial charge is 0.340 e. The number of aldehydes is 1. The first kappa shape index (κ1) is 18.0. The minimum atomic E-state index is 0.647. The first-order chi connectivity index (χ1) is 12.6. The fraction of sp³-hybridized carbons (Fsp3) is 0.190. The van der Waals surface area contributed by atoms with Crippen LogP contribution in [0.5, 0.6) is 0 Å². The second-order valence-electron chi connectivity index (χ2n) is 5.94. The Hall–Kier alpha value is -2.79. The van der Waals surface area contributed by atoms with Gasteiger partial charge in [-0.05, 0) is 56.2 Å². The van der Waals surface area contributed by atoms with Gasteiger partial charge in [0, 0.05) is 27.4 Å². The summed E-state index contributed by atoms with van der Waals surface area (Å²) in [6.07, 6.45) is 4.22. The van der Waals surface area contributed by atoms with Crippen LogP contribution in [0.2, 0.25) is 0 Å². The Balaban J connectivity index is 2.06. The van der Waals surface area contributed by atoms with Gasteiger partial charge in [0.15, 0.2) is 5.82 Å². The Kier molecular flexibility index (Phi) is 5.58. The predicted octanol–water partition coefficient (Wildman–Crippen LogP) is 5.36. The fourth-order valence-electron chi connectivity index (χ4n) is 2.73. The number of carbonyl (C=O) groups is 1. The SMILES string of the molecule is C=CCc1c(CC)nc(-c2ccc(C)s2)nc1Nc1ccc(C=O)cc1. The molecule has 0 saturated heterocycles. The van der Waals surface area contributed by atoms with Crippen molar-refractivity contribution in [1.82, 2.24) is 9.97 Å². The van der Waals surface area contributed by atoms with Crippen LogP contribution in [0.25, 0.3) is 10.7 Å². The lowest BCUT2D eigenvalue weighted by atomic mass is 10.1. The lowest BCUT2D eigenvalue weighted by molar-refractivity contribution is 0.112. The third kappa shape index (κ3) is 3.89. The van der Waals surface area contributed by atoms with Crippen LogP contribution in [-0.2, 0) is 12.8 Å². The van der Waals surface area contributed by atoms with Gasteiger partial charge in [-0.2, -0.15) is 0 Å². The van der Waals surface area contributed by atoms with Gasteiger partial charge in [0.1, 0.15) is 12.1 Å². The van der Waals surface area contributed by atoms with E-state index in [1.54, 1.807) is 23.5 Å². The van der Waals surface area contributed by atoms with Gasteiger partial charge in [-0.3, -0.25) is 4.79 Å². The van der Waals surface area contributed by atoms with Crippen molar-refractivity contribution in [2.75, 3.05) is 5.32 Å². The highest BCUT2D eigenvalue weighted by molar-refractivity contribution is 7.15. The summed E-state index contributed by atoms with van der Waals surface area (Å²) in [4.78, 5) is 22.7. The van der Waals surface area contributed by atoms with Gasteiger partial charge in [0.2, 0.25) is 0 Å². The highest BCUT2D eigenvalue weighted by Crippen LogP contribution is 2.30. The van der Waals surface area contributed by atoms with E-state index in [1.165, 1.54) is 4.88 Å². The standard InChI is InChI=1S/C21H21N3OS/c1-4-6-17-18(5-2)23-21(19-12-7-14(3)26-19)24-20(17)22-16-10-8-15(13-25)9-11-16/h4,7-13H,1,5-6H2,2-3H3,(H,22,23,24). The molecule has 0 fully saturated rings. The summed E-state index contributed by atoms with van der Waals surface area (Å²) in [5.41, 5.74) is 3.61. The van der Waals surface area contributed by atoms with E-state index in [2.05, 4.69) is 37.9 Å². The predicted molar refractivity (Wildman–Crippen MR) is 108 cm³/mol. The van der Waals surface area contributed by atoms with E-state index < -0.39 is 0 Å². The molecule has 2 heterocycles. The molecular formula is C21H21N3OS. The van der Waals surface area contributed by atoms with Gasteiger partial charge < -0.3 is 5.32 Å². The molecule has 4 nitrogen and oxygen atoms in total. The number of aromatic nitrogens is 2. The smallest absolute Gasteiger partial charge is 0.171 e. The topological polar surface area (TPSA) is 54.9 Å². The van der Waals surface area contributed by atoms with Crippen LogP contribution in [0.15, 0.2) is 49.1 Å². The average molecular weight is 363 g/mol. The maximum absolute atomic E-state index is 10.9. The molecule has 3 aromatic rings. The zero-order valence-electron chi connectivity index (χ0n) is 15.0. The molecule has 26 heavy (non-hydrogen) atoms. The second kappa shape index (κ2) is 8.06. The van der Waals surface area contributed by atoms with Gasteiger partial charge >= 0.3 is 0 Å². The Morgan fingerprint density at radius 3 is 2.50 bits per heavy atom. The van der Waals surface area contributed by atoms with Crippen LogP contribution >= 0.6 is 11.3 Å². The van der Waals surface area contributed by atoms with Crippen LogP contribution in [0.3, 0.4) is 0 Å². The molecule has 0 aliphatic rings. The summed E-state index contributed by atoms with van der Waals surface area (Å²) in [6, 6.07) is 11.5. The fourth-order valence-corrected chi connectivity index (χ4v) is 3.53. The molecule has 0 unspecified atom stereocenters. The Labute approximate surface area is 157 Å². The highest BCUT2D eigenvalue weighted by Gasteiger charge is 2.15. The molecule has 0 aliphatic heterocycles.